The van der Waals surface area contributed by atoms with Gasteiger partial charge in [-0.15, -0.1) is 0 Å². The molecule has 2 amide bonds. The van der Waals surface area contributed by atoms with Crippen LogP contribution in [0.25, 0.3) is 0 Å². The van der Waals surface area contributed by atoms with Crippen molar-refractivity contribution in [1.82, 2.24) is 10.2 Å². The van der Waals surface area contributed by atoms with E-state index in [4.69, 9.17) is 11.6 Å². The van der Waals surface area contributed by atoms with E-state index in [0.29, 0.717) is 11.6 Å². The summed E-state index contributed by atoms with van der Waals surface area (Å²) in [5.74, 6) is -0.965. The maximum Gasteiger partial charge on any atom is 0.418 e. The molecular formula is C21H23ClF3N3O2. The minimum Gasteiger partial charge on any atom is -0.348 e. The number of carbonyl (C=O) groups is 2. The van der Waals surface area contributed by atoms with Crippen LogP contribution in [0.4, 0.5) is 18.9 Å². The molecule has 1 atom stereocenters. The van der Waals surface area contributed by atoms with Crippen LogP contribution in [0.1, 0.15) is 31.0 Å². The molecule has 5 nitrogen and oxygen atoms in total. The number of hydrogen-bond acceptors (Lipinski definition) is 3. The van der Waals surface area contributed by atoms with Gasteiger partial charge in [0, 0.05) is 5.02 Å². The van der Waals surface area contributed by atoms with E-state index in [-0.39, 0.29) is 30.7 Å². The van der Waals surface area contributed by atoms with Crippen molar-refractivity contribution in [3.05, 3.63) is 64.7 Å². The van der Waals surface area contributed by atoms with E-state index in [1.165, 1.54) is 23.1 Å². The monoisotopic (exact) mass is 441 g/mol. The minimum absolute atomic E-state index is 0.0837. The van der Waals surface area contributed by atoms with Gasteiger partial charge >= 0.3 is 6.18 Å². The molecule has 2 aromatic rings. The number of nitrogens with one attached hydrogen (secondary N) is 2. The zero-order valence-corrected chi connectivity index (χ0v) is 17.3. The van der Waals surface area contributed by atoms with Gasteiger partial charge in [0.15, 0.2) is 0 Å². The number of carbonyl (C=O) groups excluding carboxylic acids is 2. The molecule has 2 aromatic carbocycles. The second-order valence-corrected chi connectivity index (χ2v) is 7.11. The minimum atomic E-state index is -4.58. The first kappa shape index (κ1) is 23.7. The second-order valence-electron chi connectivity index (χ2n) is 6.71. The quantitative estimate of drug-likeness (QED) is 0.634. The summed E-state index contributed by atoms with van der Waals surface area (Å²) >= 11 is 6.13. The van der Waals surface area contributed by atoms with Crippen molar-refractivity contribution in [2.24, 2.45) is 0 Å². The molecule has 162 valence electrons. The largest absolute Gasteiger partial charge is 0.418 e. The van der Waals surface area contributed by atoms with Crippen LogP contribution >= 0.6 is 11.6 Å². The van der Waals surface area contributed by atoms with Gasteiger partial charge in [0.1, 0.15) is 0 Å². The van der Waals surface area contributed by atoms with Crippen molar-refractivity contribution in [3.8, 4) is 0 Å². The predicted molar refractivity (Wildman–Crippen MR) is 110 cm³/mol. The van der Waals surface area contributed by atoms with Gasteiger partial charge in [-0.1, -0.05) is 48.9 Å². The summed E-state index contributed by atoms with van der Waals surface area (Å²) in [5, 5.41) is 5.62. The maximum absolute atomic E-state index is 13.1. The molecule has 0 aliphatic carbocycles. The highest BCUT2D eigenvalue weighted by molar-refractivity contribution is 6.31. The number of nitrogens with zero attached hydrogens (tertiary/aromatic N) is 1. The van der Waals surface area contributed by atoms with Gasteiger partial charge in [0.25, 0.3) is 0 Å². The average Bonchev–Trinajstić information content (AvgIpc) is 2.67. The maximum atomic E-state index is 13.1. The van der Waals surface area contributed by atoms with Crippen molar-refractivity contribution < 1.29 is 22.8 Å². The molecule has 0 saturated carbocycles. The Labute approximate surface area is 178 Å². The number of hydrogen-bond donors (Lipinski definition) is 2. The van der Waals surface area contributed by atoms with Crippen molar-refractivity contribution in [1.29, 1.82) is 0 Å². The molecule has 0 aliphatic rings. The molecule has 0 saturated heterocycles. The summed E-state index contributed by atoms with van der Waals surface area (Å²) in [5.41, 5.74) is -0.479. The topological polar surface area (TPSA) is 61.4 Å². The number of para-hydroxylation sites is 1. The van der Waals surface area contributed by atoms with Gasteiger partial charge in [0.2, 0.25) is 11.8 Å². The van der Waals surface area contributed by atoms with E-state index < -0.39 is 17.6 Å². The second kappa shape index (κ2) is 10.4. The summed E-state index contributed by atoms with van der Waals surface area (Å²) < 4.78 is 39.2. The Kier molecular flexibility index (Phi) is 8.25. The Balaban J connectivity index is 1.95. The summed E-state index contributed by atoms with van der Waals surface area (Å²) in [6, 6.07) is 11.5. The average molecular weight is 442 g/mol. The molecule has 0 heterocycles. The van der Waals surface area contributed by atoms with Crippen LogP contribution in [-0.4, -0.2) is 36.3 Å². The predicted octanol–water partition coefficient (Wildman–Crippen LogP) is 4.50. The number of amides is 2. The number of alkyl halides is 3. The van der Waals surface area contributed by atoms with E-state index in [1.807, 2.05) is 6.07 Å². The van der Waals surface area contributed by atoms with Crippen LogP contribution in [-0.2, 0) is 15.8 Å². The summed E-state index contributed by atoms with van der Waals surface area (Å²) in [6.45, 7) is 3.59. The Morgan fingerprint density at radius 2 is 1.63 bits per heavy atom. The molecule has 0 aliphatic heterocycles. The number of benzene rings is 2. The van der Waals surface area contributed by atoms with Gasteiger partial charge in [-0.05, 0) is 37.2 Å². The van der Waals surface area contributed by atoms with E-state index in [1.54, 1.807) is 32.0 Å². The Morgan fingerprint density at radius 3 is 2.27 bits per heavy atom. The van der Waals surface area contributed by atoms with Crippen LogP contribution in [0, 0.1) is 0 Å². The zero-order chi connectivity index (χ0) is 22.3. The van der Waals surface area contributed by atoms with Crippen LogP contribution < -0.4 is 10.6 Å². The van der Waals surface area contributed by atoms with Crippen LogP contribution in [0.2, 0.25) is 5.02 Å². The molecule has 2 N–H and O–H groups in total. The van der Waals surface area contributed by atoms with E-state index in [9.17, 15) is 22.8 Å². The lowest BCUT2D eigenvalue weighted by molar-refractivity contribution is -0.137. The zero-order valence-electron chi connectivity index (χ0n) is 16.6. The Hall–Kier alpha value is -2.58. The van der Waals surface area contributed by atoms with E-state index in [2.05, 4.69) is 10.6 Å². The first-order valence-electron chi connectivity index (χ1n) is 9.34. The van der Waals surface area contributed by atoms with Gasteiger partial charge in [-0.25, -0.2) is 0 Å². The van der Waals surface area contributed by atoms with Crippen molar-refractivity contribution in [2.75, 3.05) is 25.0 Å². The van der Waals surface area contributed by atoms with Crippen LogP contribution in [0.5, 0.6) is 0 Å². The Morgan fingerprint density at radius 1 is 1.03 bits per heavy atom. The van der Waals surface area contributed by atoms with Gasteiger partial charge in [-0.2, -0.15) is 13.2 Å². The Bertz CT molecular complexity index is 890. The molecule has 1 unspecified atom stereocenters. The van der Waals surface area contributed by atoms with Gasteiger partial charge in [0.05, 0.1) is 30.4 Å². The first-order valence-corrected chi connectivity index (χ1v) is 9.71. The fraction of sp³-hybridized carbons (Fsp3) is 0.333. The smallest absolute Gasteiger partial charge is 0.348 e. The standard InChI is InChI=1S/C21H23ClF3N3O2/c1-3-28(12-19(29)26-14(2)15-8-4-6-10-17(15)22)13-20(30)27-18-11-7-5-9-16(18)21(23,24)25/h4-11,14H,3,12-13H2,1-2H3,(H,26,29)(H,27,30). The van der Waals surface area contributed by atoms with Gasteiger partial charge < -0.3 is 10.6 Å². The summed E-state index contributed by atoms with van der Waals surface area (Å²) in [6.07, 6.45) is -4.58. The molecular weight excluding hydrogens is 419 g/mol. The first-order chi connectivity index (χ1) is 14.1. The third-order valence-electron chi connectivity index (χ3n) is 4.44. The van der Waals surface area contributed by atoms with Crippen molar-refractivity contribution in [3.63, 3.8) is 0 Å². The highest BCUT2D eigenvalue weighted by Gasteiger charge is 2.33. The lowest BCUT2D eigenvalue weighted by Gasteiger charge is -2.22. The highest BCUT2D eigenvalue weighted by Crippen LogP contribution is 2.34. The van der Waals surface area contributed by atoms with Crippen molar-refractivity contribution in [2.45, 2.75) is 26.1 Å². The molecule has 0 radical (unpaired) electrons. The van der Waals surface area contributed by atoms with E-state index >= 15 is 0 Å². The normalized spacial score (nSPS) is 12.5. The number of likely N-dealkylation sites (N-methyl/N-ethyl adjacent to an activating group) is 1. The van der Waals surface area contributed by atoms with E-state index in [0.717, 1.165) is 11.6 Å². The number of anilines is 1. The lowest BCUT2D eigenvalue weighted by Crippen LogP contribution is -2.41. The van der Waals surface area contributed by atoms with Gasteiger partial charge in [-0.3, -0.25) is 14.5 Å². The van der Waals surface area contributed by atoms with Crippen molar-refractivity contribution >= 4 is 29.1 Å². The summed E-state index contributed by atoms with van der Waals surface area (Å²) in [4.78, 5) is 26.1. The molecule has 0 fully saturated rings. The highest BCUT2D eigenvalue weighted by atomic mass is 35.5. The lowest BCUT2D eigenvalue weighted by atomic mass is 10.1. The fourth-order valence-electron chi connectivity index (χ4n) is 2.91. The number of rotatable bonds is 8. The number of halogens is 4. The molecule has 0 bridgehead atoms. The molecule has 0 spiro atoms. The SMILES string of the molecule is CCN(CC(=O)Nc1ccccc1C(F)(F)F)CC(=O)NC(C)c1ccccc1Cl. The molecule has 2 rings (SSSR count). The molecule has 9 heteroatoms. The summed E-state index contributed by atoms with van der Waals surface area (Å²) in [7, 11) is 0. The molecule has 30 heavy (non-hydrogen) atoms. The third-order valence-corrected chi connectivity index (χ3v) is 4.78. The van der Waals surface area contributed by atoms with Crippen LogP contribution in [0.15, 0.2) is 48.5 Å². The molecule has 0 aromatic heterocycles. The fourth-order valence-corrected chi connectivity index (χ4v) is 3.21. The van der Waals surface area contributed by atoms with Crippen LogP contribution in [0.3, 0.4) is 0 Å². The third kappa shape index (κ3) is 6.74.